The second-order valence-electron chi connectivity index (χ2n) is 6.89. The van der Waals surface area contributed by atoms with Crippen LogP contribution in [0.5, 0.6) is 5.75 Å². The summed E-state index contributed by atoms with van der Waals surface area (Å²) in [6.45, 7) is 8.03. The average molecular weight is 346 g/mol. The first kappa shape index (κ1) is 19.3. The van der Waals surface area contributed by atoms with Crippen LogP contribution in [0.15, 0.2) is 24.3 Å². The molecule has 1 aromatic carbocycles. The van der Waals surface area contributed by atoms with E-state index in [9.17, 15) is 9.59 Å². The summed E-state index contributed by atoms with van der Waals surface area (Å²) >= 11 is 0. The lowest BCUT2D eigenvalue weighted by Crippen LogP contribution is -2.51. The van der Waals surface area contributed by atoms with Crippen molar-refractivity contribution in [3.05, 3.63) is 29.8 Å². The minimum atomic E-state index is -0.489. The molecule has 1 aromatic rings. The summed E-state index contributed by atoms with van der Waals surface area (Å²) in [6, 6.07) is 6.53. The summed E-state index contributed by atoms with van der Waals surface area (Å²) in [7, 11) is 0. The predicted molar refractivity (Wildman–Crippen MR) is 98.8 cm³/mol. The fourth-order valence-corrected chi connectivity index (χ4v) is 3.10. The highest BCUT2D eigenvalue weighted by Gasteiger charge is 2.29. The highest BCUT2D eigenvalue weighted by atomic mass is 16.5. The molecule has 2 amide bonds. The number of rotatable bonds is 6. The van der Waals surface area contributed by atoms with Gasteiger partial charge in [0.05, 0.1) is 6.61 Å². The topological polar surface area (TPSA) is 58.6 Å². The molecule has 1 heterocycles. The Bertz CT molecular complexity index is 561. The van der Waals surface area contributed by atoms with E-state index in [0.717, 1.165) is 31.7 Å². The van der Waals surface area contributed by atoms with E-state index < -0.39 is 6.04 Å². The summed E-state index contributed by atoms with van der Waals surface area (Å²) in [5, 5.41) is 2.93. The van der Waals surface area contributed by atoms with Crippen molar-refractivity contribution in [1.29, 1.82) is 0 Å². The van der Waals surface area contributed by atoms with Gasteiger partial charge < -0.3 is 15.0 Å². The number of amides is 2. The third-order valence-electron chi connectivity index (χ3n) is 4.56. The SMILES string of the molecule is CCOc1ccc(C(=O)N[C@H](C(=O)N2CCCCCC2)C(C)C)cc1. The Labute approximate surface area is 150 Å². The maximum Gasteiger partial charge on any atom is 0.251 e. The Hall–Kier alpha value is -2.04. The third-order valence-corrected chi connectivity index (χ3v) is 4.56. The number of carbonyl (C=O) groups excluding carboxylic acids is 2. The molecular weight excluding hydrogens is 316 g/mol. The number of benzene rings is 1. The molecule has 0 bridgehead atoms. The van der Waals surface area contributed by atoms with E-state index in [-0.39, 0.29) is 17.7 Å². The van der Waals surface area contributed by atoms with Gasteiger partial charge >= 0.3 is 0 Å². The van der Waals surface area contributed by atoms with Gasteiger partial charge in [-0.05, 0) is 49.9 Å². The van der Waals surface area contributed by atoms with Gasteiger partial charge in [-0.2, -0.15) is 0 Å². The number of likely N-dealkylation sites (tertiary alicyclic amines) is 1. The number of nitrogens with zero attached hydrogens (tertiary/aromatic N) is 1. The molecule has 1 fully saturated rings. The zero-order chi connectivity index (χ0) is 18.2. The molecule has 1 N–H and O–H groups in total. The molecule has 0 saturated carbocycles. The van der Waals surface area contributed by atoms with E-state index in [1.54, 1.807) is 24.3 Å². The molecule has 0 aliphatic carbocycles. The van der Waals surface area contributed by atoms with Crippen molar-refractivity contribution < 1.29 is 14.3 Å². The lowest BCUT2D eigenvalue weighted by Gasteiger charge is -2.29. The van der Waals surface area contributed by atoms with Gasteiger partial charge in [0.15, 0.2) is 0 Å². The van der Waals surface area contributed by atoms with Crippen LogP contribution >= 0.6 is 0 Å². The molecule has 1 aliphatic rings. The molecule has 0 aromatic heterocycles. The summed E-state index contributed by atoms with van der Waals surface area (Å²) in [5.41, 5.74) is 0.540. The van der Waals surface area contributed by atoms with E-state index >= 15 is 0 Å². The minimum Gasteiger partial charge on any atom is -0.494 e. The molecule has 1 saturated heterocycles. The van der Waals surface area contributed by atoms with Crippen LogP contribution in [-0.4, -0.2) is 42.5 Å². The van der Waals surface area contributed by atoms with Crippen LogP contribution in [-0.2, 0) is 4.79 Å². The van der Waals surface area contributed by atoms with Crippen molar-refractivity contribution >= 4 is 11.8 Å². The van der Waals surface area contributed by atoms with Gasteiger partial charge in [0.1, 0.15) is 11.8 Å². The molecule has 5 heteroatoms. The number of hydrogen-bond donors (Lipinski definition) is 1. The highest BCUT2D eigenvalue weighted by Crippen LogP contribution is 2.15. The van der Waals surface area contributed by atoms with Gasteiger partial charge in [0.25, 0.3) is 5.91 Å². The quantitative estimate of drug-likeness (QED) is 0.860. The smallest absolute Gasteiger partial charge is 0.251 e. The lowest BCUT2D eigenvalue weighted by molar-refractivity contribution is -0.134. The minimum absolute atomic E-state index is 0.0381. The summed E-state index contributed by atoms with van der Waals surface area (Å²) in [4.78, 5) is 27.4. The molecule has 0 spiro atoms. The second kappa shape index (κ2) is 9.44. The fraction of sp³-hybridized carbons (Fsp3) is 0.600. The number of ether oxygens (including phenoxy) is 1. The monoisotopic (exact) mass is 346 g/mol. The molecule has 25 heavy (non-hydrogen) atoms. The van der Waals surface area contributed by atoms with Crippen LogP contribution in [0.2, 0.25) is 0 Å². The Balaban J connectivity index is 2.04. The Morgan fingerprint density at radius 1 is 1.08 bits per heavy atom. The third kappa shape index (κ3) is 5.48. The predicted octanol–water partition coefficient (Wildman–Crippen LogP) is 3.24. The van der Waals surface area contributed by atoms with Gasteiger partial charge in [-0.25, -0.2) is 0 Å². The van der Waals surface area contributed by atoms with E-state index in [4.69, 9.17) is 4.74 Å². The van der Waals surface area contributed by atoms with Gasteiger partial charge in [-0.3, -0.25) is 9.59 Å². The Morgan fingerprint density at radius 3 is 2.20 bits per heavy atom. The average Bonchev–Trinajstić information content (AvgIpc) is 2.89. The van der Waals surface area contributed by atoms with Crippen molar-refractivity contribution in [1.82, 2.24) is 10.2 Å². The highest BCUT2D eigenvalue weighted by molar-refractivity contribution is 5.97. The molecule has 1 atom stereocenters. The van der Waals surface area contributed by atoms with Gasteiger partial charge in [0, 0.05) is 18.7 Å². The van der Waals surface area contributed by atoms with Crippen LogP contribution in [0.3, 0.4) is 0 Å². The van der Waals surface area contributed by atoms with Crippen molar-refractivity contribution in [3.63, 3.8) is 0 Å². The molecule has 1 aliphatic heterocycles. The lowest BCUT2D eigenvalue weighted by atomic mass is 10.0. The zero-order valence-electron chi connectivity index (χ0n) is 15.6. The van der Waals surface area contributed by atoms with Crippen molar-refractivity contribution in [2.45, 2.75) is 52.5 Å². The van der Waals surface area contributed by atoms with Crippen LogP contribution in [0, 0.1) is 5.92 Å². The van der Waals surface area contributed by atoms with Crippen LogP contribution in [0.1, 0.15) is 56.8 Å². The first-order chi connectivity index (χ1) is 12.0. The number of carbonyl (C=O) groups is 2. The molecular formula is C20H30N2O3. The summed E-state index contributed by atoms with van der Waals surface area (Å²) in [5.74, 6) is 0.601. The van der Waals surface area contributed by atoms with Crippen molar-refractivity contribution in [2.24, 2.45) is 5.92 Å². The molecule has 0 unspecified atom stereocenters. The largest absolute Gasteiger partial charge is 0.494 e. The van der Waals surface area contributed by atoms with E-state index in [1.165, 1.54) is 12.8 Å². The Kier molecular flexibility index (Phi) is 7.29. The van der Waals surface area contributed by atoms with E-state index in [0.29, 0.717) is 12.2 Å². The first-order valence-corrected chi connectivity index (χ1v) is 9.35. The van der Waals surface area contributed by atoms with Crippen LogP contribution in [0.25, 0.3) is 0 Å². The maximum absolute atomic E-state index is 12.9. The normalized spacial score (nSPS) is 16.2. The fourth-order valence-electron chi connectivity index (χ4n) is 3.10. The molecule has 138 valence electrons. The summed E-state index contributed by atoms with van der Waals surface area (Å²) < 4.78 is 5.40. The first-order valence-electron chi connectivity index (χ1n) is 9.35. The second-order valence-corrected chi connectivity index (χ2v) is 6.89. The molecule has 5 nitrogen and oxygen atoms in total. The van der Waals surface area contributed by atoms with Crippen LogP contribution in [0.4, 0.5) is 0 Å². The Morgan fingerprint density at radius 2 is 1.68 bits per heavy atom. The van der Waals surface area contributed by atoms with Gasteiger partial charge in [-0.1, -0.05) is 26.7 Å². The maximum atomic E-state index is 12.9. The zero-order valence-corrected chi connectivity index (χ0v) is 15.6. The van der Waals surface area contributed by atoms with Crippen molar-refractivity contribution in [2.75, 3.05) is 19.7 Å². The van der Waals surface area contributed by atoms with E-state index in [2.05, 4.69) is 5.32 Å². The molecule has 2 rings (SSSR count). The van der Waals surface area contributed by atoms with Gasteiger partial charge in [-0.15, -0.1) is 0 Å². The van der Waals surface area contributed by atoms with Crippen molar-refractivity contribution in [3.8, 4) is 5.75 Å². The van der Waals surface area contributed by atoms with Crippen LogP contribution < -0.4 is 10.1 Å². The van der Waals surface area contributed by atoms with E-state index in [1.807, 2.05) is 25.7 Å². The summed E-state index contributed by atoms with van der Waals surface area (Å²) in [6.07, 6.45) is 4.44. The van der Waals surface area contributed by atoms with Gasteiger partial charge in [0.2, 0.25) is 5.91 Å². The number of hydrogen-bond acceptors (Lipinski definition) is 3. The molecule has 0 radical (unpaired) electrons. The number of nitrogens with one attached hydrogen (secondary N) is 1. The standard InChI is InChI=1S/C20H30N2O3/c1-4-25-17-11-9-16(10-12-17)19(23)21-18(15(2)3)20(24)22-13-7-5-6-8-14-22/h9-12,15,18H,4-8,13-14H2,1-3H3,(H,21,23)/t18-/m0/s1.